The number of aromatic nitrogens is 1. The van der Waals surface area contributed by atoms with Crippen molar-refractivity contribution in [3.05, 3.63) is 42.1 Å². The van der Waals surface area contributed by atoms with Crippen LogP contribution >= 0.6 is 0 Å². The summed E-state index contributed by atoms with van der Waals surface area (Å²) in [6, 6.07) is 10.7. The smallest absolute Gasteiger partial charge is 0.220 e. The number of benzene rings is 1. The molecule has 1 aromatic heterocycles. The molecule has 0 fully saturated rings. The highest BCUT2D eigenvalue weighted by Gasteiger charge is 2.06. The lowest BCUT2D eigenvalue weighted by Gasteiger charge is -2.15. The van der Waals surface area contributed by atoms with E-state index >= 15 is 0 Å². The maximum Gasteiger partial charge on any atom is 0.220 e. The molecule has 5 nitrogen and oxygen atoms in total. The van der Waals surface area contributed by atoms with Crippen molar-refractivity contribution in [1.29, 1.82) is 5.26 Å². The Morgan fingerprint density at radius 2 is 2.05 bits per heavy atom. The predicted octanol–water partition coefficient (Wildman–Crippen LogP) is 2.39. The quantitative estimate of drug-likeness (QED) is 0.851. The van der Waals surface area contributed by atoms with Crippen molar-refractivity contribution in [1.82, 2.24) is 4.98 Å². The van der Waals surface area contributed by atoms with Gasteiger partial charge in [0.1, 0.15) is 0 Å². The van der Waals surface area contributed by atoms with Gasteiger partial charge in [0.15, 0.2) is 5.75 Å². The van der Waals surface area contributed by atoms with Gasteiger partial charge in [-0.2, -0.15) is 5.26 Å². The van der Waals surface area contributed by atoms with Crippen LogP contribution in [-0.2, 0) is 0 Å². The van der Waals surface area contributed by atoms with Crippen LogP contribution in [0.3, 0.4) is 0 Å². The van der Waals surface area contributed by atoms with Gasteiger partial charge in [-0.1, -0.05) is 0 Å². The Kier molecular flexibility index (Phi) is 3.53. The number of anilines is 2. The van der Waals surface area contributed by atoms with Gasteiger partial charge in [0.05, 0.1) is 17.3 Å². The average molecular weight is 254 g/mol. The van der Waals surface area contributed by atoms with E-state index in [1.165, 1.54) is 6.20 Å². The number of ether oxygens (including phenoxy) is 1. The third-order valence-electron chi connectivity index (χ3n) is 2.59. The number of hydrogen-bond donors (Lipinski definition) is 1. The highest BCUT2D eigenvalue weighted by atomic mass is 16.5. The first-order chi connectivity index (χ1) is 9.10. The number of nitriles is 1. The second kappa shape index (κ2) is 5.27. The number of pyridine rings is 1. The summed E-state index contributed by atoms with van der Waals surface area (Å²) >= 11 is 0. The minimum atomic E-state index is 0.349. The minimum Gasteiger partial charge on any atom is -0.437 e. The van der Waals surface area contributed by atoms with E-state index < -0.39 is 0 Å². The van der Waals surface area contributed by atoms with Gasteiger partial charge >= 0.3 is 0 Å². The lowest BCUT2D eigenvalue weighted by atomic mass is 10.2. The van der Waals surface area contributed by atoms with Crippen molar-refractivity contribution < 1.29 is 4.74 Å². The van der Waals surface area contributed by atoms with Gasteiger partial charge in [-0.3, -0.25) is 0 Å². The van der Waals surface area contributed by atoms with Gasteiger partial charge in [0.25, 0.3) is 0 Å². The van der Waals surface area contributed by atoms with Gasteiger partial charge in [-0.15, -0.1) is 0 Å². The second-order valence-electron chi connectivity index (χ2n) is 4.21. The largest absolute Gasteiger partial charge is 0.437 e. The molecule has 0 spiro atoms. The third-order valence-corrected chi connectivity index (χ3v) is 2.59. The van der Waals surface area contributed by atoms with Crippen LogP contribution in [0.4, 0.5) is 11.4 Å². The Hall–Kier alpha value is -2.74. The monoisotopic (exact) mass is 254 g/mol. The zero-order chi connectivity index (χ0) is 13.8. The zero-order valence-corrected chi connectivity index (χ0v) is 10.8. The van der Waals surface area contributed by atoms with Crippen LogP contribution in [0.25, 0.3) is 0 Å². The van der Waals surface area contributed by atoms with Crippen molar-refractivity contribution in [2.75, 3.05) is 24.7 Å². The fourth-order valence-electron chi connectivity index (χ4n) is 1.54. The maximum atomic E-state index is 8.83. The van der Waals surface area contributed by atoms with Crippen LogP contribution < -0.4 is 15.4 Å². The summed E-state index contributed by atoms with van der Waals surface area (Å²) in [4.78, 5) is 6.01. The van der Waals surface area contributed by atoms with Gasteiger partial charge in [-0.25, -0.2) is 4.98 Å². The lowest BCUT2D eigenvalue weighted by molar-refractivity contribution is 0.465. The van der Waals surface area contributed by atoms with E-state index in [2.05, 4.69) is 4.98 Å². The summed E-state index contributed by atoms with van der Waals surface area (Å²) in [5.41, 5.74) is 7.86. The molecule has 0 aliphatic rings. The van der Waals surface area contributed by atoms with Crippen molar-refractivity contribution in [2.24, 2.45) is 0 Å². The summed E-state index contributed by atoms with van der Waals surface area (Å²) in [6.45, 7) is 0. The number of nitrogens with zero attached hydrogens (tertiary/aromatic N) is 3. The van der Waals surface area contributed by atoms with Crippen LogP contribution in [0.1, 0.15) is 5.56 Å². The van der Waals surface area contributed by atoms with E-state index in [4.69, 9.17) is 15.7 Å². The molecule has 0 aliphatic carbocycles. The molecule has 2 rings (SSSR count). The first-order valence-electron chi connectivity index (χ1n) is 5.71. The Morgan fingerprint density at radius 1 is 1.26 bits per heavy atom. The van der Waals surface area contributed by atoms with Crippen LogP contribution in [0.15, 0.2) is 36.5 Å². The van der Waals surface area contributed by atoms with Gasteiger partial charge in [-0.05, 0) is 18.2 Å². The average Bonchev–Trinajstić information content (AvgIpc) is 2.41. The second-order valence-corrected chi connectivity index (χ2v) is 4.21. The first-order valence-corrected chi connectivity index (χ1v) is 5.71. The highest BCUT2D eigenvalue weighted by Crippen LogP contribution is 2.30. The van der Waals surface area contributed by atoms with E-state index in [9.17, 15) is 0 Å². The molecule has 2 N–H and O–H groups in total. The molecule has 0 amide bonds. The highest BCUT2D eigenvalue weighted by molar-refractivity contribution is 5.62. The molecule has 0 bridgehead atoms. The summed E-state index contributed by atoms with van der Waals surface area (Å²) in [7, 11) is 3.87. The predicted molar refractivity (Wildman–Crippen MR) is 74.2 cm³/mol. The van der Waals surface area contributed by atoms with E-state index in [-0.39, 0.29) is 0 Å². The van der Waals surface area contributed by atoms with E-state index in [0.29, 0.717) is 22.9 Å². The molecule has 1 heterocycles. The van der Waals surface area contributed by atoms with Gasteiger partial charge in [0.2, 0.25) is 5.88 Å². The maximum absolute atomic E-state index is 8.83. The van der Waals surface area contributed by atoms with Crippen molar-refractivity contribution >= 4 is 11.4 Å². The molecule has 2 aromatic rings. The molecular weight excluding hydrogens is 240 g/mol. The molecule has 1 aromatic carbocycles. The topological polar surface area (TPSA) is 75.2 Å². The SMILES string of the molecule is CN(C)c1ccc(N)c(Oc2cc(C#N)ccn2)c1. The van der Waals surface area contributed by atoms with Crippen LogP contribution in [0.5, 0.6) is 11.6 Å². The van der Waals surface area contributed by atoms with Crippen molar-refractivity contribution in [2.45, 2.75) is 0 Å². The number of hydrogen-bond acceptors (Lipinski definition) is 5. The molecule has 0 radical (unpaired) electrons. The molecule has 0 aliphatic heterocycles. The Bertz CT molecular complexity index is 632. The van der Waals surface area contributed by atoms with Crippen LogP contribution in [0.2, 0.25) is 0 Å². The fraction of sp³-hybridized carbons (Fsp3) is 0.143. The van der Waals surface area contributed by atoms with Crippen LogP contribution in [0, 0.1) is 11.3 Å². The molecule has 19 heavy (non-hydrogen) atoms. The Balaban J connectivity index is 2.32. The van der Waals surface area contributed by atoms with Crippen molar-refractivity contribution in [3.8, 4) is 17.7 Å². The molecular formula is C14H14N4O. The Labute approximate surface area is 111 Å². The van der Waals surface area contributed by atoms with Gasteiger partial charge < -0.3 is 15.4 Å². The van der Waals surface area contributed by atoms with Crippen molar-refractivity contribution in [3.63, 3.8) is 0 Å². The summed E-state index contributed by atoms with van der Waals surface area (Å²) in [5.74, 6) is 0.871. The minimum absolute atomic E-state index is 0.349. The molecule has 0 atom stereocenters. The Morgan fingerprint density at radius 3 is 2.74 bits per heavy atom. The number of rotatable bonds is 3. The zero-order valence-electron chi connectivity index (χ0n) is 10.8. The van der Waals surface area contributed by atoms with Gasteiger partial charge in [0, 0.05) is 38.1 Å². The van der Waals surface area contributed by atoms with E-state index in [0.717, 1.165) is 5.69 Å². The third kappa shape index (κ3) is 2.93. The fourth-order valence-corrected chi connectivity index (χ4v) is 1.54. The number of nitrogens with two attached hydrogens (primary N) is 1. The molecule has 0 unspecified atom stereocenters. The standard InChI is InChI=1S/C14H14N4O/c1-18(2)11-3-4-12(16)13(8-11)19-14-7-10(9-15)5-6-17-14/h3-8H,16H2,1-2H3. The van der Waals surface area contributed by atoms with Crippen LogP contribution in [-0.4, -0.2) is 19.1 Å². The summed E-state index contributed by atoms with van der Waals surface area (Å²) < 4.78 is 5.63. The summed E-state index contributed by atoms with van der Waals surface area (Å²) in [5, 5.41) is 8.83. The number of nitrogen functional groups attached to an aromatic ring is 1. The molecule has 0 saturated carbocycles. The van der Waals surface area contributed by atoms with E-state index in [1.54, 1.807) is 18.2 Å². The summed E-state index contributed by atoms with van der Waals surface area (Å²) in [6.07, 6.45) is 1.53. The first kappa shape index (κ1) is 12.7. The molecule has 5 heteroatoms. The lowest BCUT2D eigenvalue weighted by Crippen LogP contribution is -2.08. The normalized spacial score (nSPS) is 9.74. The van der Waals surface area contributed by atoms with E-state index in [1.807, 2.05) is 37.2 Å². The molecule has 0 saturated heterocycles. The molecule has 96 valence electrons.